The van der Waals surface area contributed by atoms with Gasteiger partial charge in [0.1, 0.15) is 17.7 Å². The van der Waals surface area contributed by atoms with Gasteiger partial charge in [0, 0.05) is 37.5 Å². The first-order valence-corrected chi connectivity index (χ1v) is 8.96. The first-order valence-electron chi connectivity index (χ1n) is 8.96. The first-order chi connectivity index (χ1) is 13.1. The van der Waals surface area contributed by atoms with E-state index < -0.39 is 6.10 Å². The van der Waals surface area contributed by atoms with Gasteiger partial charge in [-0.15, -0.1) is 0 Å². The van der Waals surface area contributed by atoms with Gasteiger partial charge in [-0.1, -0.05) is 12.1 Å². The van der Waals surface area contributed by atoms with E-state index in [1.165, 1.54) is 0 Å². The van der Waals surface area contributed by atoms with Gasteiger partial charge in [0.2, 0.25) is 0 Å². The molecule has 4 rings (SSSR count). The average Bonchev–Trinajstić information content (AvgIpc) is 3.37. The maximum Gasteiger partial charge on any atom is 0.179 e. The van der Waals surface area contributed by atoms with Crippen molar-refractivity contribution >= 4 is 11.5 Å². The number of hydrogen-bond donors (Lipinski definition) is 2. The Labute approximate surface area is 156 Å². The fraction of sp³-hybridized carbons (Fsp3) is 0.350. The van der Waals surface area contributed by atoms with Crippen LogP contribution in [0.3, 0.4) is 0 Å². The summed E-state index contributed by atoms with van der Waals surface area (Å²) < 4.78 is 1.91. The number of nitriles is 1. The number of allylic oxidation sites excluding steroid dienone is 1. The highest BCUT2D eigenvalue weighted by atomic mass is 16.3. The molecule has 7 heteroatoms. The zero-order valence-electron chi connectivity index (χ0n) is 14.7. The molecule has 1 aliphatic carbocycles. The lowest BCUT2D eigenvalue weighted by Crippen LogP contribution is -2.27. The van der Waals surface area contributed by atoms with Gasteiger partial charge in [0.25, 0.3) is 0 Å². The van der Waals surface area contributed by atoms with Crippen molar-refractivity contribution in [1.82, 2.24) is 14.7 Å². The summed E-state index contributed by atoms with van der Waals surface area (Å²) in [7, 11) is 0. The molecule has 2 heterocycles. The quantitative estimate of drug-likeness (QED) is 0.846. The molecule has 0 radical (unpaired) electrons. The van der Waals surface area contributed by atoms with Crippen molar-refractivity contribution in [1.29, 1.82) is 5.26 Å². The number of aromatic nitrogens is 2. The lowest BCUT2D eigenvalue weighted by atomic mass is 9.86. The Kier molecular flexibility index (Phi) is 4.52. The molecule has 2 aliphatic rings. The minimum atomic E-state index is -0.991. The number of Topliss-reactive ketones (excluding diaryl/α,β-unsaturated/α-hetero) is 1. The Morgan fingerprint density at radius 1 is 1.41 bits per heavy atom. The SMILES string of the molecule is N#CC1=C(N2CC[C@@H](n3cccn3)C2)c2cc(C(O)CO)ccc2CC1=O. The zero-order valence-corrected chi connectivity index (χ0v) is 14.7. The van der Waals surface area contributed by atoms with Crippen LogP contribution in [0.2, 0.25) is 0 Å². The maximum atomic E-state index is 12.5. The number of aliphatic hydroxyl groups is 2. The molecule has 0 amide bonds. The maximum absolute atomic E-state index is 12.5. The van der Waals surface area contributed by atoms with E-state index in [1.807, 2.05) is 16.9 Å². The third kappa shape index (κ3) is 3.03. The number of benzene rings is 1. The highest BCUT2D eigenvalue weighted by molar-refractivity contribution is 6.10. The standard InChI is InChI=1S/C20H20N4O3/c21-10-17-18(26)9-13-2-3-14(19(27)12-25)8-16(13)20(17)23-7-4-15(11-23)24-6-1-5-22-24/h1-3,5-6,8,15,19,25,27H,4,7,9,11-12H2/t15-,19?/m1/s1. The molecule has 2 aromatic rings. The van der Waals surface area contributed by atoms with Crippen molar-refractivity contribution < 1.29 is 15.0 Å². The van der Waals surface area contributed by atoms with Gasteiger partial charge in [-0.3, -0.25) is 9.48 Å². The smallest absolute Gasteiger partial charge is 0.179 e. The largest absolute Gasteiger partial charge is 0.393 e. The number of nitrogens with zero attached hydrogens (tertiary/aromatic N) is 4. The van der Waals surface area contributed by atoms with Crippen molar-refractivity contribution in [2.75, 3.05) is 19.7 Å². The number of carbonyl (C=O) groups is 1. The van der Waals surface area contributed by atoms with Gasteiger partial charge >= 0.3 is 0 Å². The number of rotatable bonds is 4. The highest BCUT2D eigenvalue weighted by Crippen LogP contribution is 2.37. The lowest BCUT2D eigenvalue weighted by molar-refractivity contribution is -0.114. The summed E-state index contributed by atoms with van der Waals surface area (Å²) in [6, 6.07) is 9.46. The summed E-state index contributed by atoms with van der Waals surface area (Å²) in [5.41, 5.74) is 3.00. The van der Waals surface area contributed by atoms with Crippen molar-refractivity contribution in [3.63, 3.8) is 0 Å². The molecule has 2 atom stereocenters. The molecule has 0 saturated carbocycles. The fourth-order valence-corrected chi connectivity index (χ4v) is 3.91. The second-order valence-electron chi connectivity index (χ2n) is 6.92. The van der Waals surface area contributed by atoms with Crippen molar-refractivity contribution in [3.05, 3.63) is 58.9 Å². The van der Waals surface area contributed by atoms with Crippen LogP contribution >= 0.6 is 0 Å². The van der Waals surface area contributed by atoms with E-state index in [1.54, 1.807) is 24.4 Å². The molecule has 7 nitrogen and oxygen atoms in total. The minimum absolute atomic E-state index is 0.166. The van der Waals surface area contributed by atoms with Gasteiger partial charge in [-0.2, -0.15) is 10.4 Å². The molecule has 1 aromatic carbocycles. The molecule has 0 bridgehead atoms. The molecule has 1 aromatic heterocycles. The van der Waals surface area contributed by atoms with Gasteiger partial charge in [0.15, 0.2) is 5.78 Å². The molecule has 1 unspecified atom stereocenters. The Morgan fingerprint density at radius 2 is 2.26 bits per heavy atom. The predicted octanol–water partition coefficient (Wildman–Crippen LogP) is 1.22. The number of hydrogen-bond acceptors (Lipinski definition) is 6. The van der Waals surface area contributed by atoms with Crippen LogP contribution in [0.1, 0.15) is 35.3 Å². The van der Waals surface area contributed by atoms with Crippen LogP contribution in [0.15, 0.2) is 42.2 Å². The van der Waals surface area contributed by atoms with Gasteiger partial charge in [0.05, 0.1) is 18.3 Å². The summed E-state index contributed by atoms with van der Waals surface area (Å²) in [5.74, 6) is -0.182. The summed E-state index contributed by atoms with van der Waals surface area (Å²) in [6.45, 7) is 0.985. The fourth-order valence-electron chi connectivity index (χ4n) is 3.91. The van der Waals surface area contributed by atoms with Crippen LogP contribution in [0, 0.1) is 11.3 Å². The topological polar surface area (TPSA) is 102 Å². The number of fused-ring (bicyclic) bond motifs is 1. The third-order valence-electron chi connectivity index (χ3n) is 5.30. The summed E-state index contributed by atoms with van der Waals surface area (Å²) >= 11 is 0. The highest BCUT2D eigenvalue weighted by Gasteiger charge is 2.34. The number of likely N-dealkylation sites (tertiary alicyclic amines) is 1. The second kappa shape index (κ2) is 6.99. The molecule has 2 N–H and O–H groups in total. The van der Waals surface area contributed by atoms with E-state index in [-0.39, 0.29) is 30.4 Å². The predicted molar refractivity (Wildman–Crippen MR) is 97.2 cm³/mol. The molecule has 0 spiro atoms. The van der Waals surface area contributed by atoms with Gasteiger partial charge in [-0.25, -0.2) is 0 Å². The van der Waals surface area contributed by atoms with E-state index in [9.17, 15) is 20.3 Å². The van der Waals surface area contributed by atoms with Crippen molar-refractivity contribution in [2.45, 2.75) is 25.0 Å². The number of carbonyl (C=O) groups excluding carboxylic acids is 1. The molecule has 1 saturated heterocycles. The average molecular weight is 364 g/mol. The molecule has 1 aliphatic heterocycles. The van der Waals surface area contributed by atoms with Crippen LogP contribution < -0.4 is 0 Å². The van der Waals surface area contributed by atoms with Crippen molar-refractivity contribution in [3.8, 4) is 6.07 Å². The molecule has 1 fully saturated rings. The zero-order chi connectivity index (χ0) is 19.0. The second-order valence-corrected chi connectivity index (χ2v) is 6.92. The van der Waals surface area contributed by atoms with Crippen LogP contribution in [-0.4, -0.2) is 50.4 Å². The minimum Gasteiger partial charge on any atom is -0.393 e. The van der Waals surface area contributed by atoms with E-state index in [0.717, 1.165) is 17.5 Å². The van der Waals surface area contributed by atoms with E-state index >= 15 is 0 Å². The molecule has 138 valence electrons. The first kappa shape index (κ1) is 17.5. The van der Waals surface area contributed by atoms with Crippen molar-refractivity contribution in [2.24, 2.45) is 0 Å². The molecular weight excluding hydrogens is 344 g/mol. The van der Waals surface area contributed by atoms with Crippen LogP contribution in [-0.2, 0) is 11.2 Å². The van der Waals surface area contributed by atoms with E-state index in [0.29, 0.717) is 24.4 Å². The number of aliphatic hydroxyl groups excluding tert-OH is 2. The summed E-state index contributed by atoms with van der Waals surface area (Å²) in [6.07, 6.45) is 3.71. The monoisotopic (exact) mass is 364 g/mol. The third-order valence-corrected chi connectivity index (χ3v) is 5.30. The Bertz CT molecular complexity index is 943. The van der Waals surface area contributed by atoms with Crippen LogP contribution in [0.4, 0.5) is 0 Å². The van der Waals surface area contributed by atoms with Gasteiger partial charge < -0.3 is 15.1 Å². The summed E-state index contributed by atoms with van der Waals surface area (Å²) in [4.78, 5) is 14.6. The Balaban J connectivity index is 1.76. The Morgan fingerprint density at radius 3 is 2.96 bits per heavy atom. The molecule has 27 heavy (non-hydrogen) atoms. The van der Waals surface area contributed by atoms with Gasteiger partial charge in [-0.05, 0) is 29.7 Å². The Hall–Kier alpha value is -2.95. The summed E-state index contributed by atoms with van der Waals surface area (Å²) in [5, 5.41) is 33.2. The van der Waals surface area contributed by atoms with Crippen LogP contribution in [0.5, 0.6) is 0 Å². The number of ketones is 1. The normalized spacial score (nSPS) is 20.6. The lowest BCUT2D eigenvalue weighted by Gasteiger charge is -2.29. The van der Waals surface area contributed by atoms with E-state index in [2.05, 4.69) is 16.1 Å². The van der Waals surface area contributed by atoms with E-state index in [4.69, 9.17) is 0 Å². The van der Waals surface area contributed by atoms with Crippen LogP contribution in [0.25, 0.3) is 5.70 Å². The molecular formula is C20H20N4O3.